The van der Waals surface area contributed by atoms with Crippen LogP contribution in [0.4, 0.5) is 5.69 Å². The molecule has 0 heterocycles. The Labute approximate surface area is 106 Å². The second-order valence-electron chi connectivity index (χ2n) is 4.46. The van der Waals surface area contributed by atoms with E-state index >= 15 is 0 Å². The van der Waals surface area contributed by atoms with Crippen LogP contribution in [-0.4, -0.2) is 17.5 Å². The molecule has 1 amide bonds. The number of para-hydroxylation sites is 1. The fourth-order valence-electron chi connectivity index (χ4n) is 1.58. The van der Waals surface area contributed by atoms with Crippen LogP contribution in [0.15, 0.2) is 30.3 Å². The Balaban J connectivity index is 2.85. The quantitative estimate of drug-likeness (QED) is 0.810. The van der Waals surface area contributed by atoms with E-state index in [0.717, 1.165) is 0 Å². The summed E-state index contributed by atoms with van der Waals surface area (Å²) in [6.45, 7) is 4.61. The number of carbonyl (C=O) groups excluding carboxylic acids is 3. The standard InChI is InChI=1S/C14H17NO3/c1-9(2)13(17)12(10(3)16)14(18)15-11-7-5-4-6-8-11/h4-9,12H,1-3H3,(H,15,18). The molecule has 4 heteroatoms. The van der Waals surface area contributed by atoms with Gasteiger partial charge in [-0.2, -0.15) is 0 Å². The summed E-state index contributed by atoms with van der Waals surface area (Å²) in [5.74, 6) is -2.91. The molecule has 0 saturated heterocycles. The molecule has 0 aliphatic heterocycles. The molecule has 0 radical (unpaired) electrons. The van der Waals surface area contributed by atoms with E-state index in [1.165, 1.54) is 6.92 Å². The van der Waals surface area contributed by atoms with Gasteiger partial charge >= 0.3 is 0 Å². The molecule has 0 aromatic heterocycles. The van der Waals surface area contributed by atoms with E-state index < -0.39 is 17.6 Å². The second kappa shape index (κ2) is 6.10. The Bertz CT molecular complexity index is 451. The van der Waals surface area contributed by atoms with Crippen LogP contribution < -0.4 is 5.32 Å². The number of ketones is 2. The smallest absolute Gasteiger partial charge is 0.242 e. The fraction of sp³-hybridized carbons (Fsp3) is 0.357. The van der Waals surface area contributed by atoms with Crippen LogP contribution >= 0.6 is 0 Å². The molecule has 0 bridgehead atoms. The minimum atomic E-state index is -1.22. The number of carbonyl (C=O) groups is 3. The van der Waals surface area contributed by atoms with E-state index in [1.807, 2.05) is 6.07 Å². The summed E-state index contributed by atoms with van der Waals surface area (Å²) in [4.78, 5) is 35.2. The highest BCUT2D eigenvalue weighted by Gasteiger charge is 2.32. The van der Waals surface area contributed by atoms with Gasteiger partial charge in [-0.3, -0.25) is 14.4 Å². The Hall–Kier alpha value is -1.97. The summed E-state index contributed by atoms with van der Waals surface area (Å²) < 4.78 is 0. The molecule has 0 aliphatic carbocycles. The first-order valence-corrected chi connectivity index (χ1v) is 5.83. The number of hydrogen-bond acceptors (Lipinski definition) is 3. The SMILES string of the molecule is CC(=O)C(C(=O)Nc1ccccc1)C(=O)C(C)C. The Morgan fingerprint density at radius 1 is 1.06 bits per heavy atom. The lowest BCUT2D eigenvalue weighted by Gasteiger charge is -2.15. The molecule has 96 valence electrons. The number of anilines is 1. The van der Waals surface area contributed by atoms with E-state index in [0.29, 0.717) is 5.69 Å². The number of nitrogens with one attached hydrogen (secondary N) is 1. The molecule has 1 N–H and O–H groups in total. The summed E-state index contributed by atoms with van der Waals surface area (Å²) in [5, 5.41) is 2.58. The second-order valence-corrected chi connectivity index (χ2v) is 4.46. The Morgan fingerprint density at radius 3 is 2.06 bits per heavy atom. The number of rotatable bonds is 5. The highest BCUT2D eigenvalue weighted by atomic mass is 16.2. The molecule has 4 nitrogen and oxygen atoms in total. The highest BCUT2D eigenvalue weighted by Crippen LogP contribution is 2.13. The maximum Gasteiger partial charge on any atom is 0.242 e. The van der Waals surface area contributed by atoms with Crippen molar-refractivity contribution in [2.75, 3.05) is 5.32 Å². The van der Waals surface area contributed by atoms with Gasteiger partial charge in [-0.1, -0.05) is 32.0 Å². The molecular formula is C14H17NO3. The largest absolute Gasteiger partial charge is 0.325 e. The lowest BCUT2D eigenvalue weighted by Crippen LogP contribution is -2.37. The van der Waals surface area contributed by atoms with Gasteiger partial charge in [-0.15, -0.1) is 0 Å². The summed E-state index contributed by atoms with van der Waals surface area (Å²) >= 11 is 0. The summed E-state index contributed by atoms with van der Waals surface area (Å²) in [7, 11) is 0. The van der Waals surface area contributed by atoms with Crippen LogP contribution in [0, 0.1) is 11.8 Å². The van der Waals surface area contributed by atoms with Crippen LogP contribution in [0.1, 0.15) is 20.8 Å². The minimum Gasteiger partial charge on any atom is -0.325 e. The maximum absolute atomic E-state index is 11.9. The van der Waals surface area contributed by atoms with Gasteiger partial charge in [-0.25, -0.2) is 0 Å². The average molecular weight is 247 g/mol. The molecule has 1 unspecified atom stereocenters. The van der Waals surface area contributed by atoms with Crippen LogP contribution in [-0.2, 0) is 14.4 Å². The van der Waals surface area contributed by atoms with Crippen LogP contribution in [0.3, 0.4) is 0 Å². The van der Waals surface area contributed by atoms with Crippen molar-refractivity contribution < 1.29 is 14.4 Å². The van der Waals surface area contributed by atoms with E-state index in [1.54, 1.807) is 38.1 Å². The molecule has 1 aromatic rings. The van der Waals surface area contributed by atoms with Crippen LogP contribution in [0.25, 0.3) is 0 Å². The molecule has 0 spiro atoms. The van der Waals surface area contributed by atoms with Crippen molar-refractivity contribution in [3.8, 4) is 0 Å². The molecule has 0 saturated carbocycles. The number of amides is 1. The predicted molar refractivity (Wildman–Crippen MR) is 69.1 cm³/mol. The lowest BCUT2D eigenvalue weighted by atomic mass is 9.91. The molecule has 0 fully saturated rings. The number of hydrogen-bond donors (Lipinski definition) is 1. The van der Waals surface area contributed by atoms with Crippen LogP contribution in [0.2, 0.25) is 0 Å². The van der Waals surface area contributed by atoms with Gasteiger partial charge < -0.3 is 5.32 Å². The Morgan fingerprint density at radius 2 is 1.61 bits per heavy atom. The van der Waals surface area contributed by atoms with Gasteiger partial charge in [0.05, 0.1) is 0 Å². The molecular weight excluding hydrogens is 230 g/mol. The average Bonchev–Trinajstić information content (AvgIpc) is 2.29. The monoisotopic (exact) mass is 247 g/mol. The fourth-order valence-corrected chi connectivity index (χ4v) is 1.58. The van der Waals surface area contributed by atoms with E-state index in [2.05, 4.69) is 5.32 Å². The molecule has 1 atom stereocenters. The van der Waals surface area contributed by atoms with E-state index in [9.17, 15) is 14.4 Å². The third-order valence-corrected chi connectivity index (χ3v) is 2.56. The van der Waals surface area contributed by atoms with Crippen molar-refractivity contribution in [2.45, 2.75) is 20.8 Å². The summed E-state index contributed by atoms with van der Waals surface area (Å²) in [6.07, 6.45) is 0. The Kier molecular flexibility index (Phi) is 4.77. The highest BCUT2D eigenvalue weighted by molar-refractivity contribution is 6.21. The van der Waals surface area contributed by atoms with Crippen molar-refractivity contribution in [3.63, 3.8) is 0 Å². The van der Waals surface area contributed by atoms with Gasteiger partial charge in [0, 0.05) is 11.6 Å². The maximum atomic E-state index is 11.9. The first kappa shape index (κ1) is 14.1. The van der Waals surface area contributed by atoms with E-state index in [-0.39, 0.29) is 11.7 Å². The molecule has 1 aromatic carbocycles. The molecule has 1 rings (SSSR count). The van der Waals surface area contributed by atoms with Crippen molar-refractivity contribution in [2.24, 2.45) is 11.8 Å². The third-order valence-electron chi connectivity index (χ3n) is 2.56. The summed E-state index contributed by atoms with van der Waals surface area (Å²) in [6, 6.07) is 8.76. The zero-order chi connectivity index (χ0) is 13.7. The summed E-state index contributed by atoms with van der Waals surface area (Å²) in [5.41, 5.74) is 0.574. The minimum absolute atomic E-state index is 0.347. The van der Waals surface area contributed by atoms with Crippen LogP contribution in [0.5, 0.6) is 0 Å². The zero-order valence-electron chi connectivity index (χ0n) is 10.8. The van der Waals surface area contributed by atoms with Gasteiger partial charge in [0.1, 0.15) is 5.78 Å². The lowest BCUT2D eigenvalue weighted by molar-refractivity contribution is -0.139. The topological polar surface area (TPSA) is 63.2 Å². The van der Waals surface area contributed by atoms with Crippen molar-refractivity contribution >= 4 is 23.2 Å². The van der Waals surface area contributed by atoms with Crippen molar-refractivity contribution in [1.29, 1.82) is 0 Å². The first-order valence-electron chi connectivity index (χ1n) is 5.83. The van der Waals surface area contributed by atoms with Gasteiger partial charge in [0.15, 0.2) is 11.7 Å². The third kappa shape index (κ3) is 3.52. The van der Waals surface area contributed by atoms with Gasteiger partial charge in [0.2, 0.25) is 5.91 Å². The van der Waals surface area contributed by atoms with Crippen molar-refractivity contribution in [3.05, 3.63) is 30.3 Å². The van der Waals surface area contributed by atoms with Gasteiger partial charge in [0.25, 0.3) is 0 Å². The predicted octanol–water partition coefficient (Wildman–Crippen LogP) is 2.06. The normalized spacial score (nSPS) is 12.0. The number of benzene rings is 1. The molecule has 0 aliphatic rings. The van der Waals surface area contributed by atoms with E-state index in [4.69, 9.17) is 0 Å². The first-order chi connectivity index (χ1) is 8.43. The zero-order valence-corrected chi connectivity index (χ0v) is 10.8. The molecule has 18 heavy (non-hydrogen) atoms. The van der Waals surface area contributed by atoms with Crippen molar-refractivity contribution in [1.82, 2.24) is 0 Å². The van der Waals surface area contributed by atoms with Gasteiger partial charge in [-0.05, 0) is 19.1 Å². The number of Topliss-reactive ketones (excluding diaryl/α,β-unsaturated/α-hetero) is 2.